The summed E-state index contributed by atoms with van der Waals surface area (Å²) in [4.78, 5) is 9.05. The van der Waals surface area contributed by atoms with E-state index in [1.54, 1.807) is 0 Å². The van der Waals surface area contributed by atoms with Crippen molar-refractivity contribution in [2.75, 3.05) is 27.2 Å². The molecule has 0 spiro atoms. The van der Waals surface area contributed by atoms with Crippen molar-refractivity contribution in [2.24, 2.45) is 7.05 Å². The fraction of sp³-hybridized carbons (Fsp3) is 0.444. The highest BCUT2D eigenvalue weighted by Crippen LogP contribution is 2.38. The van der Waals surface area contributed by atoms with E-state index in [9.17, 15) is 0 Å². The van der Waals surface area contributed by atoms with Crippen LogP contribution in [0.4, 0.5) is 0 Å². The van der Waals surface area contributed by atoms with Gasteiger partial charge in [0.2, 0.25) is 0 Å². The molecule has 2 aromatic heterocycles. The molecule has 2 atom stereocenters. The van der Waals surface area contributed by atoms with E-state index in [1.807, 2.05) is 18.3 Å². The SMILES string of the molecule is Cc1ccc([C@H]2[C@@H](c3ccccn3)NC(=S)N2CCN(C)C)n1C. The topological polar surface area (TPSA) is 36.3 Å². The lowest BCUT2D eigenvalue weighted by atomic mass is 10.0. The number of hydrogen-bond donors (Lipinski definition) is 1. The summed E-state index contributed by atoms with van der Waals surface area (Å²) in [5, 5.41) is 4.29. The molecule has 1 aliphatic heterocycles. The minimum absolute atomic E-state index is 0.0638. The minimum atomic E-state index is 0.0638. The summed E-state index contributed by atoms with van der Waals surface area (Å²) in [6.45, 7) is 3.97. The average molecular weight is 344 g/mol. The van der Waals surface area contributed by atoms with Gasteiger partial charge < -0.3 is 19.7 Å². The smallest absolute Gasteiger partial charge is 0.170 e. The Morgan fingerprint density at radius 2 is 2.04 bits per heavy atom. The number of nitrogens with one attached hydrogen (secondary N) is 1. The van der Waals surface area contributed by atoms with Crippen LogP contribution in [0.15, 0.2) is 36.5 Å². The highest BCUT2D eigenvalue weighted by Gasteiger charge is 2.40. The zero-order valence-corrected chi connectivity index (χ0v) is 15.5. The summed E-state index contributed by atoms with van der Waals surface area (Å²) >= 11 is 5.66. The number of hydrogen-bond acceptors (Lipinski definition) is 3. The van der Waals surface area contributed by atoms with Crippen molar-refractivity contribution in [3.63, 3.8) is 0 Å². The number of pyridine rings is 1. The number of rotatable bonds is 5. The van der Waals surface area contributed by atoms with E-state index in [4.69, 9.17) is 12.2 Å². The van der Waals surface area contributed by atoms with Gasteiger partial charge in [-0.3, -0.25) is 4.98 Å². The normalized spacial score (nSPS) is 20.7. The Kier molecular flexibility index (Phi) is 4.87. The number of aryl methyl sites for hydroxylation is 1. The maximum atomic E-state index is 5.66. The lowest BCUT2D eigenvalue weighted by Crippen LogP contribution is -2.36. The molecule has 1 saturated heterocycles. The molecule has 3 rings (SSSR count). The summed E-state index contributed by atoms with van der Waals surface area (Å²) in [5.74, 6) is 0. The van der Waals surface area contributed by atoms with Crippen LogP contribution in [0.25, 0.3) is 0 Å². The third-order valence-electron chi connectivity index (χ3n) is 4.70. The molecule has 24 heavy (non-hydrogen) atoms. The first-order valence-electron chi connectivity index (χ1n) is 8.24. The molecule has 0 aromatic carbocycles. The maximum Gasteiger partial charge on any atom is 0.170 e. The number of thiocarbonyl (C=S) groups is 1. The largest absolute Gasteiger partial charge is 0.352 e. The van der Waals surface area contributed by atoms with E-state index in [0.29, 0.717) is 0 Å². The Balaban J connectivity index is 1.99. The lowest BCUT2D eigenvalue weighted by molar-refractivity contribution is 0.270. The Hall–Kier alpha value is -1.92. The highest BCUT2D eigenvalue weighted by molar-refractivity contribution is 7.80. The van der Waals surface area contributed by atoms with Crippen LogP contribution in [0.2, 0.25) is 0 Å². The predicted octanol–water partition coefficient (Wildman–Crippen LogP) is 2.26. The van der Waals surface area contributed by atoms with Gasteiger partial charge in [0.15, 0.2) is 5.11 Å². The van der Waals surface area contributed by atoms with Crippen molar-refractivity contribution < 1.29 is 0 Å². The van der Waals surface area contributed by atoms with Crippen molar-refractivity contribution in [1.82, 2.24) is 24.7 Å². The molecule has 0 saturated carbocycles. The third kappa shape index (κ3) is 3.16. The molecule has 128 valence electrons. The Labute approximate surface area is 149 Å². The van der Waals surface area contributed by atoms with Gasteiger partial charge in [0.05, 0.1) is 17.8 Å². The highest BCUT2D eigenvalue weighted by atomic mass is 32.1. The van der Waals surface area contributed by atoms with Gasteiger partial charge in [-0.05, 0) is 57.5 Å². The average Bonchev–Trinajstić information content (AvgIpc) is 3.06. The van der Waals surface area contributed by atoms with Gasteiger partial charge in [0.25, 0.3) is 0 Å². The van der Waals surface area contributed by atoms with Crippen LogP contribution >= 0.6 is 12.2 Å². The fourth-order valence-electron chi connectivity index (χ4n) is 3.21. The van der Waals surface area contributed by atoms with Gasteiger partial charge >= 0.3 is 0 Å². The van der Waals surface area contributed by atoms with Crippen LogP contribution in [0.1, 0.15) is 29.2 Å². The molecule has 0 amide bonds. The van der Waals surface area contributed by atoms with Crippen LogP contribution in [-0.2, 0) is 7.05 Å². The van der Waals surface area contributed by atoms with Gasteiger partial charge in [-0.15, -0.1) is 0 Å². The summed E-state index contributed by atoms with van der Waals surface area (Å²) < 4.78 is 2.25. The molecule has 5 nitrogen and oxygen atoms in total. The maximum absolute atomic E-state index is 5.66. The molecule has 0 bridgehead atoms. The summed E-state index contributed by atoms with van der Waals surface area (Å²) in [6, 6.07) is 10.6. The first-order valence-corrected chi connectivity index (χ1v) is 8.65. The number of likely N-dealkylation sites (N-methyl/N-ethyl adjacent to an activating group) is 1. The molecule has 0 unspecified atom stereocenters. The van der Waals surface area contributed by atoms with Gasteiger partial charge in [-0.25, -0.2) is 0 Å². The molecule has 0 radical (unpaired) electrons. The lowest BCUT2D eigenvalue weighted by Gasteiger charge is -2.29. The Bertz CT molecular complexity index is 709. The van der Waals surface area contributed by atoms with E-state index in [-0.39, 0.29) is 12.1 Å². The van der Waals surface area contributed by atoms with E-state index >= 15 is 0 Å². The third-order valence-corrected chi connectivity index (χ3v) is 5.05. The van der Waals surface area contributed by atoms with Crippen LogP contribution < -0.4 is 5.32 Å². The first-order chi connectivity index (χ1) is 11.5. The molecular weight excluding hydrogens is 318 g/mol. The summed E-state index contributed by atoms with van der Waals surface area (Å²) in [6.07, 6.45) is 1.84. The monoisotopic (exact) mass is 343 g/mol. The summed E-state index contributed by atoms with van der Waals surface area (Å²) in [7, 11) is 6.29. The van der Waals surface area contributed by atoms with Crippen LogP contribution in [0.3, 0.4) is 0 Å². The van der Waals surface area contributed by atoms with Crippen LogP contribution in [0.5, 0.6) is 0 Å². The van der Waals surface area contributed by atoms with Crippen molar-refractivity contribution in [2.45, 2.75) is 19.0 Å². The second kappa shape index (κ2) is 6.91. The Morgan fingerprint density at radius 3 is 2.62 bits per heavy atom. The minimum Gasteiger partial charge on any atom is -0.352 e. The predicted molar refractivity (Wildman–Crippen MR) is 101 cm³/mol. The Morgan fingerprint density at radius 1 is 1.25 bits per heavy atom. The van der Waals surface area contributed by atoms with E-state index in [1.165, 1.54) is 11.4 Å². The fourth-order valence-corrected chi connectivity index (χ4v) is 3.54. The zero-order valence-electron chi connectivity index (χ0n) is 14.7. The van der Waals surface area contributed by atoms with Gasteiger partial charge in [0.1, 0.15) is 0 Å². The van der Waals surface area contributed by atoms with E-state index < -0.39 is 0 Å². The van der Waals surface area contributed by atoms with E-state index in [2.05, 4.69) is 70.9 Å². The van der Waals surface area contributed by atoms with Gasteiger partial charge in [0, 0.05) is 37.7 Å². The number of aromatic nitrogens is 2. The zero-order chi connectivity index (χ0) is 17.3. The molecule has 1 N–H and O–H groups in total. The van der Waals surface area contributed by atoms with Crippen LogP contribution in [-0.4, -0.2) is 51.6 Å². The molecule has 0 aliphatic carbocycles. The van der Waals surface area contributed by atoms with E-state index in [0.717, 1.165) is 23.9 Å². The standard InChI is InChI=1S/C18H25N5S/c1-13-8-9-15(22(13)4)17-16(14-7-5-6-10-19-14)20-18(24)23(17)12-11-21(2)3/h5-10,16-17H,11-12H2,1-4H3,(H,20,24)/t16-,17+/m1/s1. The molecule has 6 heteroatoms. The second-order valence-corrected chi connectivity index (χ2v) is 6.97. The molecule has 1 fully saturated rings. The van der Waals surface area contributed by atoms with Crippen molar-refractivity contribution >= 4 is 17.3 Å². The van der Waals surface area contributed by atoms with Crippen LogP contribution in [0, 0.1) is 6.92 Å². The molecule has 1 aliphatic rings. The van der Waals surface area contributed by atoms with Crippen molar-refractivity contribution in [3.05, 3.63) is 53.6 Å². The van der Waals surface area contributed by atoms with Gasteiger partial charge in [-0.1, -0.05) is 6.07 Å². The van der Waals surface area contributed by atoms with Crippen molar-refractivity contribution in [3.8, 4) is 0 Å². The number of nitrogens with zero attached hydrogens (tertiary/aromatic N) is 4. The molecule has 2 aromatic rings. The summed E-state index contributed by atoms with van der Waals surface area (Å²) in [5.41, 5.74) is 3.53. The quantitative estimate of drug-likeness (QED) is 0.843. The molecule has 3 heterocycles. The van der Waals surface area contributed by atoms with Gasteiger partial charge in [-0.2, -0.15) is 0 Å². The molecular formula is C18H25N5S. The second-order valence-electron chi connectivity index (χ2n) is 6.58. The first kappa shape index (κ1) is 16.9. The van der Waals surface area contributed by atoms with Crippen molar-refractivity contribution in [1.29, 1.82) is 0 Å².